The number of benzene rings is 1. The topological polar surface area (TPSA) is 133 Å². The second kappa shape index (κ2) is 11.7. The zero-order chi connectivity index (χ0) is 22.8. The van der Waals surface area contributed by atoms with E-state index in [0.717, 1.165) is 44.8 Å². The summed E-state index contributed by atoms with van der Waals surface area (Å²) in [4.78, 5) is 27.2. The van der Waals surface area contributed by atoms with Crippen molar-refractivity contribution in [2.75, 3.05) is 40.4 Å². The molecule has 0 unspecified atom stereocenters. The number of ether oxygens (including phenoxy) is 2. The molecular formula is C21H27N3O7. The number of aromatic nitrogens is 1. The molecule has 1 fully saturated rings. The summed E-state index contributed by atoms with van der Waals surface area (Å²) in [6, 6.07) is 7.85. The van der Waals surface area contributed by atoms with Crippen molar-refractivity contribution in [1.82, 2.24) is 14.8 Å². The number of hydrogen-bond acceptors (Lipinski definition) is 8. The van der Waals surface area contributed by atoms with E-state index in [1.807, 2.05) is 30.6 Å². The lowest BCUT2D eigenvalue weighted by atomic mass is 10.1. The van der Waals surface area contributed by atoms with Gasteiger partial charge in [0.2, 0.25) is 5.75 Å². The van der Waals surface area contributed by atoms with Gasteiger partial charge < -0.3 is 24.8 Å². The number of phenolic OH excluding ortho intramolecular Hbond substituents is 1. The molecule has 1 aromatic heterocycles. The minimum absolute atomic E-state index is 0.0510. The molecule has 0 radical (unpaired) electrons. The Morgan fingerprint density at radius 1 is 0.935 bits per heavy atom. The van der Waals surface area contributed by atoms with Gasteiger partial charge in [0.1, 0.15) is 0 Å². The molecule has 3 rings (SSSR count). The summed E-state index contributed by atoms with van der Waals surface area (Å²) in [5.74, 6) is -2.70. The van der Waals surface area contributed by atoms with E-state index in [-0.39, 0.29) is 5.75 Å². The number of rotatable bonds is 6. The average Bonchev–Trinajstić information content (AvgIpc) is 2.77. The first-order valence-corrected chi connectivity index (χ1v) is 9.57. The summed E-state index contributed by atoms with van der Waals surface area (Å²) in [5, 5.41) is 24.8. The van der Waals surface area contributed by atoms with Crippen LogP contribution >= 0.6 is 0 Å². The highest BCUT2D eigenvalue weighted by molar-refractivity contribution is 6.27. The Hall–Kier alpha value is -3.37. The number of carboxylic acid groups (broad SMARTS) is 2. The molecule has 1 aliphatic heterocycles. The van der Waals surface area contributed by atoms with Crippen LogP contribution in [0, 0.1) is 0 Å². The molecule has 0 bridgehead atoms. The highest BCUT2D eigenvalue weighted by Gasteiger charge is 2.19. The lowest BCUT2D eigenvalue weighted by Gasteiger charge is -2.34. The maximum atomic E-state index is 10.0. The van der Waals surface area contributed by atoms with Crippen molar-refractivity contribution in [3.05, 3.63) is 47.8 Å². The first kappa shape index (κ1) is 23.9. The normalized spacial score (nSPS) is 14.3. The van der Waals surface area contributed by atoms with Crippen molar-refractivity contribution in [3.8, 4) is 17.2 Å². The molecule has 2 aromatic rings. The standard InChI is InChI=1S/C19H25N3O3.C2H2O4/c1-24-17-10-16(11-18(25-2)19(17)23)14-22-8-6-21(7-9-22)13-15-4-3-5-20-12-15;3-1(4)2(5)6/h3-5,10-12,23H,6-9,13-14H2,1-2H3;(H,3,4)(H,5,6). The van der Waals surface area contributed by atoms with Crippen LogP contribution in [0.5, 0.6) is 17.2 Å². The second-order valence-electron chi connectivity index (χ2n) is 6.87. The molecule has 1 saturated heterocycles. The average molecular weight is 433 g/mol. The van der Waals surface area contributed by atoms with E-state index >= 15 is 0 Å². The lowest BCUT2D eigenvalue weighted by molar-refractivity contribution is -0.159. The summed E-state index contributed by atoms with van der Waals surface area (Å²) in [6.07, 6.45) is 3.74. The van der Waals surface area contributed by atoms with Crippen molar-refractivity contribution in [2.45, 2.75) is 13.1 Å². The number of carbonyl (C=O) groups is 2. The van der Waals surface area contributed by atoms with E-state index in [4.69, 9.17) is 29.3 Å². The van der Waals surface area contributed by atoms with E-state index in [1.165, 1.54) is 5.56 Å². The SMILES string of the molecule is COc1cc(CN2CCN(Cc3cccnc3)CC2)cc(OC)c1O.O=C(O)C(=O)O. The molecule has 168 valence electrons. The first-order valence-electron chi connectivity index (χ1n) is 9.57. The fraction of sp³-hybridized carbons (Fsp3) is 0.381. The number of piperazine rings is 1. The summed E-state index contributed by atoms with van der Waals surface area (Å²) >= 11 is 0. The third-order valence-electron chi connectivity index (χ3n) is 4.72. The Labute approximate surface area is 180 Å². The number of nitrogens with zero attached hydrogens (tertiary/aromatic N) is 3. The zero-order valence-electron chi connectivity index (χ0n) is 17.5. The van der Waals surface area contributed by atoms with Crippen LogP contribution in [0.1, 0.15) is 11.1 Å². The molecular weight excluding hydrogens is 406 g/mol. The van der Waals surface area contributed by atoms with Crippen molar-refractivity contribution >= 4 is 11.9 Å². The fourth-order valence-electron chi connectivity index (χ4n) is 3.15. The van der Waals surface area contributed by atoms with E-state index in [2.05, 4.69) is 20.9 Å². The van der Waals surface area contributed by atoms with Gasteiger partial charge in [0, 0.05) is 51.7 Å². The van der Waals surface area contributed by atoms with Crippen molar-refractivity contribution in [1.29, 1.82) is 0 Å². The Bertz CT molecular complexity index is 832. The van der Waals surface area contributed by atoms with E-state index in [9.17, 15) is 5.11 Å². The van der Waals surface area contributed by atoms with Gasteiger partial charge in [-0.3, -0.25) is 14.8 Å². The van der Waals surface area contributed by atoms with Crippen LogP contribution in [0.25, 0.3) is 0 Å². The molecule has 0 aliphatic carbocycles. The predicted octanol–water partition coefficient (Wildman–Crippen LogP) is 1.28. The number of hydrogen-bond donors (Lipinski definition) is 3. The molecule has 10 heteroatoms. The van der Waals surface area contributed by atoms with Gasteiger partial charge in [-0.15, -0.1) is 0 Å². The highest BCUT2D eigenvalue weighted by atomic mass is 16.5. The van der Waals surface area contributed by atoms with Crippen LogP contribution in [0.4, 0.5) is 0 Å². The maximum Gasteiger partial charge on any atom is 0.414 e. The highest BCUT2D eigenvalue weighted by Crippen LogP contribution is 2.37. The van der Waals surface area contributed by atoms with Gasteiger partial charge in [-0.2, -0.15) is 0 Å². The first-order chi connectivity index (χ1) is 14.8. The predicted molar refractivity (Wildman–Crippen MR) is 111 cm³/mol. The molecule has 0 atom stereocenters. The number of methoxy groups -OCH3 is 2. The van der Waals surface area contributed by atoms with Crippen molar-refractivity contribution < 1.29 is 34.4 Å². The summed E-state index contributed by atoms with van der Waals surface area (Å²) in [7, 11) is 3.10. The van der Waals surface area contributed by atoms with Crippen LogP contribution < -0.4 is 9.47 Å². The number of aliphatic carboxylic acids is 2. The van der Waals surface area contributed by atoms with E-state index in [0.29, 0.717) is 11.5 Å². The Morgan fingerprint density at radius 2 is 1.42 bits per heavy atom. The van der Waals surface area contributed by atoms with Gasteiger partial charge in [0.15, 0.2) is 11.5 Å². The summed E-state index contributed by atoms with van der Waals surface area (Å²) in [5.41, 5.74) is 2.33. The Morgan fingerprint density at radius 3 is 1.81 bits per heavy atom. The zero-order valence-corrected chi connectivity index (χ0v) is 17.5. The largest absolute Gasteiger partial charge is 0.502 e. The minimum Gasteiger partial charge on any atom is -0.502 e. The van der Waals surface area contributed by atoms with Gasteiger partial charge in [-0.1, -0.05) is 6.07 Å². The molecule has 3 N–H and O–H groups in total. The third-order valence-corrected chi connectivity index (χ3v) is 4.72. The number of pyridine rings is 1. The molecule has 1 aromatic carbocycles. The van der Waals surface area contributed by atoms with Crippen LogP contribution in [0.2, 0.25) is 0 Å². The summed E-state index contributed by atoms with van der Waals surface area (Å²) < 4.78 is 10.5. The van der Waals surface area contributed by atoms with Crippen molar-refractivity contribution in [2.24, 2.45) is 0 Å². The van der Waals surface area contributed by atoms with E-state index < -0.39 is 11.9 Å². The fourth-order valence-corrected chi connectivity index (χ4v) is 3.15. The monoisotopic (exact) mass is 433 g/mol. The van der Waals surface area contributed by atoms with Crippen LogP contribution in [0.3, 0.4) is 0 Å². The molecule has 0 amide bonds. The third kappa shape index (κ3) is 7.43. The molecule has 2 heterocycles. The van der Waals surface area contributed by atoms with Crippen LogP contribution in [-0.4, -0.2) is 82.4 Å². The molecule has 0 spiro atoms. The lowest BCUT2D eigenvalue weighted by Crippen LogP contribution is -2.45. The van der Waals surface area contributed by atoms with E-state index in [1.54, 1.807) is 14.2 Å². The van der Waals surface area contributed by atoms with Crippen LogP contribution in [0.15, 0.2) is 36.7 Å². The Kier molecular flexibility index (Phi) is 9.04. The van der Waals surface area contributed by atoms with Gasteiger partial charge in [-0.05, 0) is 29.3 Å². The number of carboxylic acids is 2. The number of phenols is 1. The Balaban J connectivity index is 0.000000501. The molecule has 1 aliphatic rings. The van der Waals surface area contributed by atoms with Crippen molar-refractivity contribution in [3.63, 3.8) is 0 Å². The van der Waals surface area contributed by atoms with Gasteiger partial charge >= 0.3 is 11.9 Å². The van der Waals surface area contributed by atoms with Crippen LogP contribution in [-0.2, 0) is 22.7 Å². The molecule has 0 saturated carbocycles. The second-order valence-corrected chi connectivity index (χ2v) is 6.87. The molecule has 31 heavy (non-hydrogen) atoms. The summed E-state index contributed by atoms with van der Waals surface area (Å²) in [6.45, 7) is 5.83. The quantitative estimate of drug-likeness (QED) is 0.572. The smallest absolute Gasteiger partial charge is 0.414 e. The minimum atomic E-state index is -1.82. The van der Waals surface area contributed by atoms with Gasteiger partial charge in [-0.25, -0.2) is 9.59 Å². The van der Waals surface area contributed by atoms with Gasteiger partial charge in [0.05, 0.1) is 14.2 Å². The molecule has 10 nitrogen and oxygen atoms in total. The number of aromatic hydroxyl groups is 1. The maximum absolute atomic E-state index is 10.0. The van der Waals surface area contributed by atoms with Gasteiger partial charge in [0.25, 0.3) is 0 Å².